The minimum Gasteiger partial charge on any atom is -0.489 e. The molecule has 0 bridgehead atoms. The number of aromatic nitrogens is 2. The minimum atomic E-state index is -3.07. The average molecular weight is 673 g/mol. The smallest absolute Gasteiger partial charge is 0.420 e. The Morgan fingerprint density at radius 3 is 2.52 bits per heavy atom. The fraction of sp³-hybridized carbons (Fsp3) is 0.345. The van der Waals surface area contributed by atoms with E-state index in [1.54, 1.807) is 24.6 Å². The highest BCUT2D eigenvalue weighted by atomic mass is 35.5. The first-order valence-corrected chi connectivity index (χ1v) is 16.9. The number of halogens is 4. The molecule has 2 aromatic heterocycles. The molecule has 10 nitrogen and oxygen atoms in total. The normalized spacial score (nSPS) is 14.4. The summed E-state index contributed by atoms with van der Waals surface area (Å²) in [5.41, 5.74) is 1.81. The molecule has 5 rings (SSSR count). The van der Waals surface area contributed by atoms with Crippen molar-refractivity contribution in [1.29, 1.82) is 0 Å². The number of hydrogen-bond acceptors (Lipinski definition) is 8. The Kier molecular flexibility index (Phi) is 9.47. The molecular weight excluding hydrogens is 643 g/mol. The van der Waals surface area contributed by atoms with Gasteiger partial charge in [0.1, 0.15) is 12.6 Å². The zero-order chi connectivity index (χ0) is 31.6. The van der Waals surface area contributed by atoms with E-state index in [1.165, 1.54) is 36.7 Å². The van der Waals surface area contributed by atoms with Gasteiger partial charge in [-0.15, -0.1) is 0 Å². The lowest BCUT2D eigenvalue weighted by Crippen LogP contribution is -2.24. The summed E-state index contributed by atoms with van der Waals surface area (Å²) in [6, 6.07) is 8.93. The van der Waals surface area contributed by atoms with Crippen molar-refractivity contribution in [3.05, 3.63) is 80.5 Å². The Bertz CT molecular complexity index is 1770. The van der Waals surface area contributed by atoms with Gasteiger partial charge in [-0.25, -0.2) is 4.79 Å². The van der Waals surface area contributed by atoms with Crippen LogP contribution in [-0.2, 0) is 32.6 Å². The van der Waals surface area contributed by atoms with Gasteiger partial charge in [0, 0.05) is 43.1 Å². The predicted octanol–water partition coefficient (Wildman–Crippen LogP) is 5.82. The van der Waals surface area contributed by atoms with Crippen LogP contribution in [0.2, 0.25) is 10.0 Å². The van der Waals surface area contributed by atoms with Crippen molar-refractivity contribution in [2.75, 3.05) is 23.8 Å². The second kappa shape index (κ2) is 13.1. The molecule has 0 spiro atoms. The molecule has 0 aliphatic heterocycles. The molecule has 4 aromatic rings. The summed E-state index contributed by atoms with van der Waals surface area (Å²) < 4.78 is 63.9. The fourth-order valence-corrected chi connectivity index (χ4v) is 5.77. The molecule has 2 aromatic carbocycles. The topological polar surface area (TPSA) is 122 Å². The fourth-order valence-electron chi connectivity index (χ4n) is 4.49. The molecule has 0 radical (unpaired) electrons. The third-order valence-corrected chi connectivity index (χ3v) is 8.14. The number of pyridine rings is 1. The number of carbonyl (C=O) groups excluding carboxylic acids is 1. The number of ether oxygens (including phenoxy) is 3. The van der Waals surface area contributed by atoms with E-state index in [4.69, 9.17) is 37.1 Å². The van der Waals surface area contributed by atoms with Crippen LogP contribution in [0.1, 0.15) is 30.1 Å². The molecule has 0 unspecified atom stereocenters. The van der Waals surface area contributed by atoms with Crippen LogP contribution >= 0.6 is 23.2 Å². The van der Waals surface area contributed by atoms with Gasteiger partial charge in [-0.3, -0.25) is 18.6 Å². The lowest BCUT2D eigenvalue weighted by Gasteiger charge is -2.21. The van der Waals surface area contributed by atoms with Gasteiger partial charge in [0.2, 0.25) is 0 Å². The molecule has 0 amide bonds. The summed E-state index contributed by atoms with van der Waals surface area (Å²) in [6.45, 7) is -3.27. The van der Waals surface area contributed by atoms with Crippen molar-refractivity contribution in [3.8, 4) is 11.5 Å². The van der Waals surface area contributed by atoms with Gasteiger partial charge in [0.25, 0.3) is 0 Å². The van der Waals surface area contributed by atoms with E-state index in [1.807, 2.05) is 0 Å². The Morgan fingerprint density at radius 1 is 1.14 bits per heavy atom. The molecule has 1 atom stereocenters. The molecular formula is C29H29Cl2F2N3O7S. The van der Waals surface area contributed by atoms with E-state index < -0.39 is 41.1 Å². The number of anilines is 1. The SMILES string of the molecule is C[SH](C)(=O)Nc1ccc2c(c1)oc(=O)n2CC(=O)O[C@@H](Cc1c(Cl)cncc1Cl)c1ccc(OC(F)F)c(OCC2CC2)c1. The van der Waals surface area contributed by atoms with Crippen molar-refractivity contribution in [2.45, 2.75) is 38.5 Å². The van der Waals surface area contributed by atoms with Gasteiger partial charge in [0.15, 0.2) is 17.1 Å². The highest BCUT2D eigenvalue weighted by molar-refractivity contribution is 8.02. The Hall–Kier alpha value is -3.68. The highest BCUT2D eigenvalue weighted by Gasteiger charge is 2.26. The van der Waals surface area contributed by atoms with Gasteiger partial charge in [-0.2, -0.15) is 8.78 Å². The van der Waals surface area contributed by atoms with Crippen LogP contribution in [0, 0.1) is 5.92 Å². The number of oxazole rings is 1. The first-order chi connectivity index (χ1) is 20.9. The zero-order valence-electron chi connectivity index (χ0n) is 23.6. The van der Waals surface area contributed by atoms with Crippen LogP contribution < -0.4 is 20.0 Å². The Balaban J connectivity index is 1.44. The van der Waals surface area contributed by atoms with Gasteiger partial charge in [-0.1, -0.05) is 29.3 Å². The third-order valence-electron chi connectivity index (χ3n) is 6.70. The average Bonchev–Trinajstić information content (AvgIpc) is 3.71. The largest absolute Gasteiger partial charge is 0.489 e. The number of alkyl halides is 2. The number of hydrogen-bond donors (Lipinski definition) is 2. The number of carbonyl (C=O) groups is 1. The summed E-state index contributed by atoms with van der Waals surface area (Å²) in [7, 11) is -2.62. The summed E-state index contributed by atoms with van der Waals surface area (Å²) in [6.07, 6.45) is 6.80. The summed E-state index contributed by atoms with van der Waals surface area (Å²) in [5.74, 6) is -1.38. The van der Waals surface area contributed by atoms with E-state index in [0.717, 1.165) is 17.4 Å². The number of nitrogens with zero attached hydrogens (tertiary/aromatic N) is 2. The molecule has 1 fully saturated rings. The summed E-state index contributed by atoms with van der Waals surface area (Å²) in [4.78, 5) is 30.0. The molecule has 1 aliphatic rings. The lowest BCUT2D eigenvalue weighted by molar-refractivity contribution is -0.150. The van der Waals surface area contributed by atoms with Crippen LogP contribution in [0.3, 0.4) is 0 Å². The number of benzene rings is 2. The minimum absolute atomic E-state index is 0.00675. The van der Waals surface area contributed by atoms with Crippen LogP contribution in [0.5, 0.6) is 11.5 Å². The quantitative estimate of drug-likeness (QED) is 0.135. The summed E-state index contributed by atoms with van der Waals surface area (Å²) in [5, 5.41) is 0.457. The third kappa shape index (κ3) is 8.07. The predicted molar refractivity (Wildman–Crippen MR) is 164 cm³/mol. The Labute approximate surface area is 261 Å². The summed E-state index contributed by atoms with van der Waals surface area (Å²) >= 11 is 12.7. The van der Waals surface area contributed by atoms with E-state index in [0.29, 0.717) is 34.9 Å². The van der Waals surface area contributed by atoms with Crippen molar-refractivity contribution >= 4 is 56.1 Å². The maximum atomic E-state index is 13.3. The van der Waals surface area contributed by atoms with Crippen molar-refractivity contribution in [1.82, 2.24) is 9.55 Å². The Morgan fingerprint density at radius 2 is 1.86 bits per heavy atom. The maximum absolute atomic E-state index is 13.3. The second-order valence-corrected chi connectivity index (χ2v) is 14.4. The second-order valence-electron chi connectivity index (χ2n) is 10.7. The van der Waals surface area contributed by atoms with E-state index in [-0.39, 0.29) is 33.5 Å². The van der Waals surface area contributed by atoms with Crippen molar-refractivity contribution in [2.24, 2.45) is 5.92 Å². The standard InChI is InChI=1S/C29H29Cl2F2N3O7S/c1-44(2,39)35-18-6-7-22-25(10-18)43-29(38)36(22)14-27(37)41-24(11-19-20(30)12-34-13-21(19)31)17-5-8-23(42-28(32)33)26(9-17)40-15-16-3-4-16/h5-10,12-13,16,24,28,44H,3-4,11,14-15H2,1-2H3,(H,35,39)/t24-/m0/s1. The zero-order valence-corrected chi connectivity index (χ0v) is 26.0. The van der Waals surface area contributed by atoms with E-state index in [2.05, 4.69) is 14.4 Å². The number of fused-ring (bicyclic) bond motifs is 1. The van der Waals surface area contributed by atoms with Crippen LogP contribution in [-0.4, -0.2) is 45.5 Å². The molecule has 236 valence electrons. The van der Waals surface area contributed by atoms with Crippen molar-refractivity contribution < 1.29 is 36.4 Å². The highest BCUT2D eigenvalue weighted by Crippen LogP contribution is 2.38. The number of nitrogens with one attached hydrogen (secondary N) is 1. The molecule has 1 saturated carbocycles. The number of thiol groups is 1. The maximum Gasteiger partial charge on any atom is 0.420 e. The first-order valence-electron chi connectivity index (χ1n) is 13.5. The molecule has 2 heterocycles. The molecule has 15 heteroatoms. The van der Waals surface area contributed by atoms with Gasteiger partial charge < -0.3 is 23.3 Å². The van der Waals surface area contributed by atoms with Crippen LogP contribution in [0.25, 0.3) is 11.1 Å². The van der Waals surface area contributed by atoms with Crippen molar-refractivity contribution in [3.63, 3.8) is 0 Å². The van der Waals surface area contributed by atoms with Gasteiger partial charge in [-0.05, 0) is 64.3 Å². The van der Waals surface area contributed by atoms with E-state index in [9.17, 15) is 22.6 Å². The van der Waals surface area contributed by atoms with Gasteiger partial charge >= 0.3 is 18.3 Å². The lowest BCUT2D eigenvalue weighted by atomic mass is 10.0. The molecule has 1 aliphatic carbocycles. The molecule has 44 heavy (non-hydrogen) atoms. The molecule has 0 saturated heterocycles. The van der Waals surface area contributed by atoms with E-state index >= 15 is 0 Å². The first kappa shape index (κ1) is 31.7. The monoisotopic (exact) mass is 671 g/mol. The number of rotatable bonds is 13. The molecule has 1 N–H and O–H groups in total. The van der Waals surface area contributed by atoms with Crippen LogP contribution in [0.4, 0.5) is 14.5 Å². The number of esters is 1. The van der Waals surface area contributed by atoms with Crippen LogP contribution in [0.15, 0.2) is 58.0 Å². The van der Waals surface area contributed by atoms with Gasteiger partial charge in [0.05, 0.1) is 22.2 Å².